The Balaban J connectivity index is 1.21. The zero-order valence-electron chi connectivity index (χ0n) is 41.5. The highest BCUT2D eigenvalue weighted by Crippen LogP contribution is 2.74. The summed E-state index contributed by atoms with van der Waals surface area (Å²) in [4.78, 5) is 70.4. The molecular weight excluding hydrogens is 982 g/mol. The Labute approximate surface area is 437 Å². The van der Waals surface area contributed by atoms with Gasteiger partial charge in [0.15, 0.2) is 6.10 Å². The van der Waals surface area contributed by atoms with Gasteiger partial charge < -0.3 is 18.9 Å². The van der Waals surface area contributed by atoms with Gasteiger partial charge in [0.2, 0.25) is 0 Å². The van der Waals surface area contributed by atoms with Gasteiger partial charge in [-0.25, -0.2) is 19.2 Å². The van der Waals surface area contributed by atoms with Crippen molar-refractivity contribution in [2.75, 3.05) is 0 Å². The average molecular weight is 1040 g/mol. The Morgan fingerprint density at radius 3 is 1.61 bits per heavy atom. The number of carbonyl (C=O) groups is 5. The summed E-state index contributed by atoms with van der Waals surface area (Å²) in [6.45, 7) is 16.6. The first kappa shape index (κ1) is 52.6. The second-order valence-corrected chi connectivity index (χ2v) is 23.8. The van der Waals surface area contributed by atoms with Crippen LogP contribution in [-0.4, -0.2) is 53.6 Å². The fraction of sp³-hybridized carbons (Fsp3) is 0.466. The molecule has 0 aromatic heterocycles. The summed E-state index contributed by atoms with van der Waals surface area (Å²) in [7, 11) is 0. The molecule has 3 fully saturated rings. The average Bonchev–Trinajstić information content (AvgIpc) is 3.67. The zero-order chi connectivity index (χ0) is 51.4. The lowest BCUT2D eigenvalue weighted by atomic mass is 9.36. The third kappa shape index (κ3) is 10.1. The van der Waals surface area contributed by atoms with E-state index in [1.807, 2.05) is 0 Å². The van der Waals surface area contributed by atoms with E-state index >= 15 is 0 Å². The maximum Gasteiger partial charge on any atom is 0.338 e. The van der Waals surface area contributed by atoms with Gasteiger partial charge >= 0.3 is 23.9 Å². The number of allylic oxidation sites excluding steroid dienone is 1. The van der Waals surface area contributed by atoms with Crippen molar-refractivity contribution in [3.8, 4) is 0 Å². The van der Waals surface area contributed by atoms with E-state index in [0.29, 0.717) is 44.9 Å². The molecule has 0 unspecified atom stereocenters. The standard InChI is InChI=1S/C58H62Cl4O9/c1-33(42-25-29-57(7)43(42)32-44(68-50(64)34-9-17-38(59)18-10-34)48-56(6)28-27-47(63)54(2,3)46(56)26-30-58(48,57)8)31-45(69-51(65)35-11-19-39(60)20-12-35)49(70-52(66)36-13-21-40(61)22-14-36)55(4,5)71-53(67)37-15-23-41(62)24-16-37/h9-24,33,44-46,48-49H,25-32H2,1-8H3/t33-,44+,45+,46+,48+,49-,56+,57+,58+/m1/s1. The van der Waals surface area contributed by atoms with Gasteiger partial charge in [0.1, 0.15) is 23.6 Å². The number of fused-ring (bicyclic) bond motifs is 5. The van der Waals surface area contributed by atoms with Crippen molar-refractivity contribution in [1.29, 1.82) is 0 Å². The number of carbonyl (C=O) groups excluding carboxylic acids is 5. The van der Waals surface area contributed by atoms with Gasteiger partial charge in [0.05, 0.1) is 22.3 Å². The summed E-state index contributed by atoms with van der Waals surface area (Å²) in [5.41, 5.74) is 0.266. The minimum absolute atomic E-state index is 0.0679. The van der Waals surface area contributed by atoms with Gasteiger partial charge in [-0.3, -0.25) is 4.79 Å². The Morgan fingerprint density at radius 2 is 1.10 bits per heavy atom. The molecule has 0 bridgehead atoms. The first-order chi connectivity index (χ1) is 33.4. The molecule has 0 heterocycles. The lowest BCUT2D eigenvalue weighted by Crippen LogP contribution is -2.66. The maximum absolute atomic E-state index is 14.3. The molecule has 0 aliphatic heterocycles. The maximum atomic E-state index is 14.3. The van der Waals surface area contributed by atoms with Crippen molar-refractivity contribution >= 4 is 76.1 Å². The van der Waals surface area contributed by atoms with Crippen LogP contribution in [-0.2, 0) is 23.7 Å². The number of hydrogen-bond acceptors (Lipinski definition) is 9. The van der Waals surface area contributed by atoms with Crippen LogP contribution in [0.4, 0.5) is 0 Å². The van der Waals surface area contributed by atoms with Crippen LogP contribution in [0.15, 0.2) is 108 Å². The molecule has 9 nitrogen and oxygen atoms in total. The first-order valence-corrected chi connectivity index (χ1v) is 26.0. The number of benzene rings is 4. The van der Waals surface area contributed by atoms with E-state index in [2.05, 4.69) is 41.5 Å². The van der Waals surface area contributed by atoms with E-state index in [4.69, 9.17) is 65.4 Å². The molecule has 4 aliphatic rings. The second kappa shape index (κ2) is 20.0. The Hall–Kier alpha value is -4.67. The van der Waals surface area contributed by atoms with Gasteiger partial charge in [-0.1, -0.05) is 99.1 Å². The van der Waals surface area contributed by atoms with Crippen molar-refractivity contribution in [3.05, 3.63) is 151 Å². The van der Waals surface area contributed by atoms with Crippen LogP contribution in [0.5, 0.6) is 0 Å². The smallest absolute Gasteiger partial charge is 0.338 e. The summed E-state index contributed by atoms with van der Waals surface area (Å²) >= 11 is 24.9. The largest absolute Gasteiger partial charge is 0.458 e. The Morgan fingerprint density at radius 1 is 0.634 bits per heavy atom. The van der Waals surface area contributed by atoms with E-state index < -0.39 is 53.2 Å². The van der Waals surface area contributed by atoms with E-state index in [1.165, 1.54) is 29.8 Å². The van der Waals surface area contributed by atoms with Gasteiger partial charge in [0.25, 0.3) is 0 Å². The predicted octanol–water partition coefficient (Wildman–Crippen LogP) is 14.9. The highest BCUT2D eigenvalue weighted by atomic mass is 35.5. The van der Waals surface area contributed by atoms with Gasteiger partial charge in [-0.05, 0) is 178 Å². The quantitative estimate of drug-likeness (QED) is 0.0732. The number of Topliss-reactive ketones (excluding diaryl/α,β-unsaturated/α-hetero) is 1. The number of ether oxygens (including phenoxy) is 4. The molecule has 0 spiro atoms. The predicted molar refractivity (Wildman–Crippen MR) is 276 cm³/mol. The molecule has 9 atom stereocenters. The highest BCUT2D eigenvalue weighted by molar-refractivity contribution is 6.31. The van der Waals surface area contributed by atoms with Crippen molar-refractivity contribution in [1.82, 2.24) is 0 Å². The van der Waals surface area contributed by atoms with Gasteiger partial charge in [-0.2, -0.15) is 0 Å². The van der Waals surface area contributed by atoms with Crippen molar-refractivity contribution in [2.24, 2.45) is 39.4 Å². The minimum Gasteiger partial charge on any atom is -0.458 e. The van der Waals surface area contributed by atoms with Crippen LogP contribution in [0, 0.1) is 39.4 Å². The monoisotopic (exact) mass is 1040 g/mol. The van der Waals surface area contributed by atoms with E-state index in [0.717, 1.165) is 31.3 Å². The summed E-state index contributed by atoms with van der Waals surface area (Å²) in [6, 6.07) is 25.5. The lowest BCUT2D eigenvalue weighted by molar-refractivity contribution is -0.208. The molecule has 4 aromatic carbocycles. The lowest BCUT2D eigenvalue weighted by Gasteiger charge is -2.69. The number of hydrogen-bond donors (Lipinski definition) is 0. The van der Waals surface area contributed by atoms with E-state index in [1.54, 1.807) is 86.6 Å². The number of esters is 4. The second-order valence-electron chi connectivity index (χ2n) is 22.0. The SMILES string of the molecule is C[C@H](C[C@H](OC(=O)c1ccc(Cl)cc1)[C@@H](OC(=O)c1ccc(Cl)cc1)C(C)(C)OC(=O)c1ccc(Cl)cc1)C1=C2C[C@H](OC(=O)c3ccc(Cl)cc3)[C@H]3[C@@]4(C)CCC(=O)C(C)(C)[C@@H]4CC[C@]3(C)[C@@]2(C)CC1. The molecule has 3 saturated carbocycles. The molecule has 71 heavy (non-hydrogen) atoms. The Bertz CT molecular complexity index is 2730. The summed E-state index contributed by atoms with van der Waals surface area (Å²) in [5.74, 6) is -2.55. The molecule has 376 valence electrons. The third-order valence-corrected chi connectivity index (χ3v) is 18.2. The molecule has 4 aliphatic carbocycles. The fourth-order valence-electron chi connectivity index (χ4n) is 13.4. The zero-order valence-corrected chi connectivity index (χ0v) is 44.6. The minimum atomic E-state index is -1.60. The third-order valence-electron chi connectivity index (χ3n) is 17.2. The Kier molecular flexibility index (Phi) is 14.8. The number of ketones is 1. The molecule has 0 amide bonds. The molecule has 0 N–H and O–H groups in total. The fourth-order valence-corrected chi connectivity index (χ4v) is 13.9. The van der Waals surface area contributed by atoms with E-state index in [9.17, 15) is 24.0 Å². The van der Waals surface area contributed by atoms with E-state index in [-0.39, 0.29) is 62.9 Å². The topological polar surface area (TPSA) is 122 Å². The molecule has 13 heteroatoms. The number of halogens is 4. The normalized spacial score (nSPS) is 27.0. The highest BCUT2D eigenvalue weighted by Gasteiger charge is 2.70. The van der Waals surface area contributed by atoms with Crippen LogP contribution in [0.2, 0.25) is 20.1 Å². The van der Waals surface area contributed by atoms with Crippen LogP contribution in [0.1, 0.15) is 148 Å². The summed E-state index contributed by atoms with van der Waals surface area (Å²) < 4.78 is 25.9. The van der Waals surface area contributed by atoms with Crippen LogP contribution < -0.4 is 0 Å². The molecule has 4 aromatic rings. The molecular formula is C58H62Cl4O9. The summed E-state index contributed by atoms with van der Waals surface area (Å²) in [5, 5.41) is 1.79. The van der Waals surface area contributed by atoms with Crippen molar-refractivity contribution in [3.63, 3.8) is 0 Å². The molecule has 0 saturated heterocycles. The summed E-state index contributed by atoms with van der Waals surface area (Å²) in [6.07, 6.45) is 2.00. The van der Waals surface area contributed by atoms with Crippen molar-refractivity contribution < 1.29 is 42.9 Å². The van der Waals surface area contributed by atoms with Crippen LogP contribution in [0.25, 0.3) is 0 Å². The van der Waals surface area contributed by atoms with Crippen molar-refractivity contribution in [2.45, 2.75) is 131 Å². The molecule has 0 radical (unpaired) electrons. The first-order valence-electron chi connectivity index (χ1n) is 24.5. The molecule has 8 rings (SSSR count). The van der Waals surface area contributed by atoms with Gasteiger partial charge in [-0.15, -0.1) is 0 Å². The number of rotatable bonds is 13. The van der Waals surface area contributed by atoms with Gasteiger partial charge in [0, 0.05) is 44.3 Å². The van der Waals surface area contributed by atoms with Crippen LogP contribution >= 0.6 is 46.4 Å². The van der Waals surface area contributed by atoms with Crippen LogP contribution in [0.3, 0.4) is 0 Å².